The molecule has 0 spiro atoms. The molecule has 0 saturated heterocycles. The molecule has 1 unspecified atom stereocenters. The van der Waals surface area contributed by atoms with Crippen molar-refractivity contribution in [1.29, 1.82) is 0 Å². The topological polar surface area (TPSA) is 88.7 Å². The lowest BCUT2D eigenvalue weighted by Crippen LogP contribution is -2.38. The third-order valence-corrected chi connectivity index (χ3v) is 4.88. The van der Waals surface area contributed by atoms with Gasteiger partial charge in [0.1, 0.15) is 0 Å². The number of carbonyl (C=O) groups is 1. The molecule has 0 radical (unpaired) electrons. The molecule has 8 heteroatoms. The summed E-state index contributed by atoms with van der Waals surface area (Å²) in [6.07, 6.45) is 2.33. The van der Waals surface area contributed by atoms with E-state index in [-0.39, 0.29) is 35.8 Å². The van der Waals surface area contributed by atoms with Gasteiger partial charge in [0.25, 0.3) is 0 Å². The fourth-order valence-corrected chi connectivity index (χ4v) is 2.90. The highest BCUT2D eigenvalue weighted by molar-refractivity contribution is 14.0. The van der Waals surface area contributed by atoms with Gasteiger partial charge in [-0.25, -0.2) is 4.39 Å². The molecule has 162 valence electrons. The molecule has 2 aromatic carbocycles. The Balaban J connectivity index is 0.00000320. The van der Waals surface area contributed by atoms with Gasteiger partial charge in [-0.05, 0) is 61.1 Å². The second-order valence-electron chi connectivity index (χ2n) is 7.30. The van der Waals surface area contributed by atoms with Gasteiger partial charge in [0.15, 0.2) is 17.5 Å². The standard InChI is InChI=1S/C22H27FN4O2.HI/c1-14(17-8-9-20(19(23)11-17)29-13-15-6-7-15)27-22(25-2)26-12-16-4-3-5-18(10-16)21(24)28;/h3-5,8-11,14-15H,6-7,12-13H2,1-2H3,(H2,24,28)(H2,25,26,27);1H. The van der Waals surface area contributed by atoms with Crippen LogP contribution in [-0.4, -0.2) is 25.5 Å². The highest BCUT2D eigenvalue weighted by Gasteiger charge is 2.22. The van der Waals surface area contributed by atoms with Gasteiger partial charge in [-0.15, -0.1) is 24.0 Å². The zero-order chi connectivity index (χ0) is 20.8. The Morgan fingerprint density at radius 3 is 2.70 bits per heavy atom. The predicted octanol–water partition coefficient (Wildman–Crippen LogP) is 3.76. The first-order valence-electron chi connectivity index (χ1n) is 9.74. The molecule has 0 aromatic heterocycles. The van der Waals surface area contributed by atoms with E-state index in [1.54, 1.807) is 31.3 Å². The van der Waals surface area contributed by atoms with Crippen molar-refractivity contribution in [2.24, 2.45) is 16.6 Å². The summed E-state index contributed by atoms with van der Waals surface area (Å²) >= 11 is 0. The maximum Gasteiger partial charge on any atom is 0.248 e. The van der Waals surface area contributed by atoms with E-state index in [1.165, 1.54) is 18.9 Å². The molecule has 0 heterocycles. The average Bonchev–Trinajstić information content (AvgIpc) is 3.54. The zero-order valence-electron chi connectivity index (χ0n) is 17.2. The van der Waals surface area contributed by atoms with Gasteiger partial charge in [0.05, 0.1) is 12.6 Å². The molecular weight excluding hydrogens is 498 g/mol. The predicted molar refractivity (Wildman–Crippen MR) is 127 cm³/mol. The van der Waals surface area contributed by atoms with Crippen LogP contribution < -0.4 is 21.1 Å². The van der Waals surface area contributed by atoms with Crippen molar-refractivity contribution >= 4 is 35.8 Å². The Hall–Kier alpha value is -2.36. The first kappa shape index (κ1) is 23.9. The third-order valence-electron chi connectivity index (χ3n) is 4.88. The number of primary amides is 1. The minimum absolute atomic E-state index is 0. The van der Waals surface area contributed by atoms with E-state index >= 15 is 0 Å². The van der Waals surface area contributed by atoms with Crippen LogP contribution in [0.1, 0.15) is 47.3 Å². The fraction of sp³-hybridized carbons (Fsp3) is 0.364. The Labute approximate surface area is 193 Å². The molecule has 1 saturated carbocycles. The molecule has 30 heavy (non-hydrogen) atoms. The third kappa shape index (κ3) is 6.86. The summed E-state index contributed by atoms with van der Waals surface area (Å²) in [5.74, 6) is 0.617. The number of hydrogen-bond donors (Lipinski definition) is 3. The molecule has 1 fully saturated rings. The van der Waals surface area contributed by atoms with E-state index in [1.807, 2.05) is 19.1 Å². The number of ether oxygens (including phenoxy) is 1. The van der Waals surface area contributed by atoms with E-state index in [0.29, 0.717) is 36.3 Å². The summed E-state index contributed by atoms with van der Waals surface area (Å²) < 4.78 is 19.9. The average molecular weight is 526 g/mol. The van der Waals surface area contributed by atoms with Gasteiger partial charge >= 0.3 is 0 Å². The molecule has 0 bridgehead atoms. The normalized spacial score (nSPS) is 14.4. The van der Waals surface area contributed by atoms with E-state index in [0.717, 1.165) is 11.1 Å². The minimum Gasteiger partial charge on any atom is -0.490 e. The number of carbonyl (C=O) groups excluding carboxylic acids is 1. The summed E-state index contributed by atoms with van der Waals surface area (Å²) in [5, 5.41) is 6.42. The van der Waals surface area contributed by atoms with Gasteiger partial charge in [-0.2, -0.15) is 0 Å². The molecule has 6 nitrogen and oxygen atoms in total. The van der Waals surface area contributed by atoms with Crippen molar-refractivity contribution in [3.05, 3.63) is 65.0 Å². The zero-order valence-corrected chi connectivity index (χ0v) is 19.5. The quantitative estimate of drug-likeness (QED) is 0.278. The van der Waals surface area contributed by atoms with Crippen LogP contribution in [0.15, 0.2) is 47.5 Å². The molecule has 1 aliphatic rings. The Morgan fingerprint density at radius 2 is 2.07 bits per heavy atom. The van der Waals surface area contributed by atoms with E-state index in [4.69, 9.17) is 10.5 Å². The Kier molecular flexibility index (Phi) is 8.88. The molecule has 1 aliphatic carbocycles. The van der Waals surface area contributed by atoms with Crippen molar-refractivity contribution in [2.75, 3.05) is 13.7 Å². The number of nitrogens with one attached hydrogen (secondary N) is 2. The summed E-state index contributed by atoms with van der Waals surface area (Å²) in [7, 11) is 1.66. The van der Waals surface area contributed by atoms with Crippen LogP contribution in [0.4, 0.5) is 4.39 Å². The number of halogens is 2. The van der Waals surface area contributed by atoms with Crippen molar-refractivity contribution < 1.29 is 13.9 Å². The maximum atomic E-state index is 14.3. The second kappa shape index (κ2) is 11.1. The van der Waals surface area contributed by atoms with Crippen LogP contribution in [-0.2, 0) is 6.54 Å². The number of guanidine groups is 1. The van der Waals surface area contributed by atoms with Gasteiger partial charge < -0.3 is 21.1 Å². The molecule has 2 aromatic rings. The van der Waals surface area contributed by atoms with Crippen LogP contribution in [0.3, 0.4) is 0 Å². The van der Waals surface area contributed by atoms with Gasteiger partial charge in [0.2, 0.25) is 5.91 Å². The lowest BCUT2D eigenvalue weighted by Gasteiger charge is -2.19. The van der Waals surface area contributed by atoms with Crippen LogP contribution in [0, 0.1) is 11.7 Å². The molecule has 1 amide bonds. The van der Waals surface area contributed by atoms with Gasteiger partial charge in [-0.1, -0.05) is 18.2 Å². The molecule has 1 atom stereocenters. The Morgan fingerprint density at radius 1 is 1.30 bits per heavy atom. The minimum atomic E-state index is -0.463. The monoisotopic (exact) mass is 526 g/mol. The van der Waals surface area contributed by atoms with Crippen LogP contribution >= 0.6 is 24.0 Å². The van der Waals surface area contributed by atoms with E-state index in [9.17, 15) is 9.18 Å². The highest BCUT2D eigenvalue weighted by Crippen LogP contribution is 2.30. The lowest BCUT2D eigenvalue weighted by atomic mass is 10.1. The molecule has 4 N–H and O–H groups in total. The molecular formula is C22H28FIN4O2. The number of nitrogens with zero attached hydrogens (tertiary/aromatic N) is 1. The van der Waals surface area contributed by atoms with Crippen molar-refractivity contribution in [1.82, 2.24) is 10.6 Å². The number of amides is 1. The van der Waals surface area contributed by atoms with Crippen LogP contribution in [0.5, 0.6) is 5.75 Å². The maximum absolute atomic E-state index is 14.3. The fourth-order valence-electron chi connectivity index (χ4n) is 2.90. The number of benzene rings is 2. The van der Waals surface area contributed by atoms with Crippen molar-refractivity contribution in [3.63, 3.8) is 0 Å². The van der Waals surface area contributed by atoms with Gasteiger partial charge in [0, 0.05) is 19.2 Å². The first-order valence-corrected chi connectivity index (χ1v) is 9.74. The highest BCUT2D eigenvalue weighted by atomic mass is 127. The Bertz CT molecular complexity index is 902. The number of nitrogens with two attached hydrogens (primary N) is 1. The SMILES string of the molecule is CN=C(NCc1cccc(C(N)=O)c1)NC(C)c1ccc(OCC2CC2)c(F)c1.I. The summed E-state index contributed by atoms with van der Waals surface area (Å²) in [4.78, 5) is 15.5. The first-order chi connectivity index (χ1) is 14.0. The summed E-state index contributed by atoms with van der Waals surface area (Å²) in [5.41, 5.74) is 7.47. The van der Waals surface area contributed by atoms with Crippen LogP contribution in [0.25, 0.3) is 0 Å². The number of rotatable bonds is 8. The largest absolute Gasteiger partial charge is 0.490 e. The smallest absolute Gasteiger partial charge is 0.248 e. The molecule has 0 aliphatic heterocycles. The molecule has 3 rings (SSSR count). The van der Waals surface area contributed by atoms with Crippen molar-refractivity contribution in [3.8, 4) is 5.75 Å². The lowest BCUT2D eigenvalue weighted by molar-refractivity contribution is 0.1000. The second-order valence-corrected chi connectivity index (χ2v) is 7.30. The van der Waals surface area contributed by atoms with Gasteiger partial charge in [-0.3, -0.25) is 9.79 Å². The summed E-state index contributed by atoms with van der Waals surface area (Å²) in [6.45, 7) is 2.98. The van der Waals surface area contributed by atoms with Crippen molar-refractivity contribution in [2.45, 2.75) is 32.4 Å². The van der Waals surface area contributed by atoms with E-state index < -0.39 is 5.91 Å². The number of hydrogen-bond acceptors (Lipinski definition) is 3. The summed E-state index contributed by atoms with van der Waals surface area (Å²) in [6, 6.07) is 11.9. The van der Waals surface area contributed by atoms with E-state index in [2.05, 4.69) is 15.6 Å². The number of aliphatic imine (C=N–C) groups is 1. The van der Waals surface area contributed by atoms with Crippen LogP contribution in [0.2, 0.25) is 0 Å².